The van der Waals surface area contributed by atoms with E-state index < -0.39 is 11.9 Å². The summed E-state index contributed by atoms with van der Waals surface area (Å²) in [6.45, 7) is 0.555. The molecule has 0 aliphatic heterocycles. The van der Waals surface area contributed by atoms with Gasteiger partial charge in [0.25, 0.3) is 0 Å². The van der Waals surface area contributed by atoms with Gasteiger partial charge in [0.15, 0.2) is 0 Å². The third kappa shape index (κ3) is 4.74. The van der Waals surface area contributed by atoms with Crippen LogP contribution in [-0.2, 0) is 11.2 Å². The number of hydrogen-bond donors (Lipinski definition) is 2. The number of carboxylic acids is 1. The number of benzene rings is 1. The predicted octanol–water partition coefficient (Wildman–Crippen LogP) is 2.96. The topological polar surface area (TPSA) is 63.3 Å². The van der Waals surface area contributed by atoms with Gasteiger partial charge in [-0.3, -0.25) is 4.79 Å². The minimum absolute atomic E-state index is 0.221. The van der Waals surface area contributed by atoms with Crippen molar-refractivity contribution in [1.82, 2.24) is 0 Å². The highest BCUT2D eigenvalue weighted by atomic mass is 79.9. The van der Waals surface area contributed by atoms with Crippen LogP contribution in [-0.4, -0.2) is 17.6 Å². The molecule has 3 nitrogen and oxygen atoms in total. The average Bonchev–Trinajstić information content (AvgIpc) is 2.30. The molecule has 1 aromatic rings. The van der Waals surface area contributed by atoms with Crippen molar-refractivity contribution in [2.45, 2.75) is 25.7 Å². The molecule has 1 unspecified atom stereocenters. The lowest BCUT2D eigenvalue weighted by Gasteiger charge is -2.12. The number of aliphatic carboxylic acids is 1. The highest BCUT2D eigenvalue weighted by molar-refractivity contribution is 9.10. The van der Waals surface area contributed by atoms with Crippen molar-refractivity contribution in [3.8, 4) is 0 Å². The number of carbonyl (C=O) groups is 1. The molecule has 18 heavy (non-hydrogen) atoms. The first-order valence-corrected chi connectivity index (χ1v) is 6.70. The lowest BCUT2D eigenvalue weighted by atomic mass is 9.94. The van der Waals surface area contributed by atoms with E-state index in [0.29, 0.717) is 23.0 Å². The van der Waals surface area contributed by atoms with E-state index in [9.17, 15) is 9.18 Å². The van der Waals surface area contributed by atoms with Crippen molar-refractivity contribution in [1.29, 1.82) is 0 Å². The van der Waals surface area contributed by atoms with Crippen LogP contribution in [0.25, 0.3) is 0 Å². The Bertz CT molecular complexity index is 412. The van der Waals surface area contributed by atoms with Gasteiger partial charge in [-0.1, -0.05) is 28.4 Å². The van der Waals surface area contributed by atoms with Crippen LogP contribution in [0, 0.1) is 11.7 Å². The maximum absolute atomic E-state index is 13.6. The second kappa shape index (κ2) is 7.48. The van der Waals surface area contributed by atoms with Crippen molar-refractivity contribution in [3.05, 3.63) is 34.1 Å². The largest absolute Gasteiger partial charge is 0.481 e. The van der Waals surface area contributed by atoms with E-state index in [1.54, 1.807) is 12.1 Å². The smallest absolute Gasteiger partial charge is 0.306 e. The van der Waals surface area contributed by atoms with E-state index in [1.807, 2.05) is 0 Å². The summed E-state index contributed by atoms with van der Waals surface area (Å²) in [6, 6.07) is 4.70. The fraction of sp³-hybridized carbons (Fsp3) is 0.462. The number of halogens is 2. The zero-order valence-electron chi connectivity index (χ0n) is 10.0. The third-order valence-corrected chi connectivity index (χ3v) is 3.33. The van der Waals surface area contributed by atoms with Gasteiger partial charge in [-0.15, -0.1) is 0 Å². The van der Waals surface area contributed by atoms with Crippen LogP contribution in [0.4, 0.5) is 4.39 Å². The summed E-state index contributed by atoms with van der Waals surface area (Å²) in [5.74, 6) is -1.80. The molecule has 0 amide bonds. The molecule has 1 rings (SSSR count). The number of rotatable bonds is 7. The first-order chi connectivity index (χ1) is 8.54. The van der Waals surface area contributed by atoms with Crippen molar-refractivity contribution in [3.63, 3.8) is 0 Å². The normalized spacial score (nSPS) is 12.4. The summed E-state index contributed by atoms with van der Waals surface area (Å²) in [6.07, 6.45) is 2.30. The van der Waals surface area contributed by atoms with Gasteiger partial charge in [-0.25, -0.2) is 4.39 Å². The van der Waals surface area contributed by atoms with E-state index in [4.69, 9.17) is 10.8 Å². The van der Waals surface area contributed by atoms with Crippen LogP contribution in [0.3, 0.4) is 0 Å². The van der Waals surface area contributed by atoms with Crippen molar-refractivity contribution >= 4 is 21.9 Å². The van der Waals surface area contributed by atoms with Gasteiger partial charge in [-0.2, -0.15) is 0 Å². The van der Waals surface area contributed by atoms with Gasteiger partial charge in [0, 0.05) is 4.47 Å². The highest BCUT2D eigenvalue weighted by Gasteiger charge is 2.19. The molecule has 0 heterocycles. The number of hydrogen-bond acceptors (Lipinski definition) is 2. The number of nitrogens with two attached hydrogens (primary N) is 1. The molecule has 1 aromatic carbocycles. The van der Waals surface area contributed by atoms with Crippen molar-refractivity contribution in [2.75, 3.05) is 6.54 Å². The Labute approximate surface area is 114 Å². The van der Waals surface area contributed by atoms with Gasteiger partial charge in [0.2, 0.25) is 0 Å². The van der Waals surface area contributed by atoms with Gasteiger partial charge in [0.05, 0.1) is 5.92 Å². The molecule has 0 radical (unpaired) electrons. The molecule has 0 aliphatic rings. The molecule has 0 bridgehead atoms. The minimum Gasteiger partial charge on any atom is -0.481 e. The molecule has 0 spiro atoms. The molecule has 1 atom stereocenters. The minimum atomic E-state index is -0.880. The van der Waals surface area contributed by atoms with E-state index in [0.717, 1.165) is 12.8 Å². The molecular weight excluding hydrogens is 301 g/mol. The van der Waals surface area contributed by atoms with Gasteiger partial charge in [-0.05, 0) is 43.5 Å². The Kier molecular flexibility index (Phi) is 6.29. The van der Waals surface area contributed by atoms with Gasteiger partial charge >= 0.3 is 5.97 Å². The molecule has 5 heteroatoms. The van der Waals surface area contributed by atoms with E-state index in [1.165, 1.54) is 6.07 Å². The number of carboxylic acid groups (broad SMARTS) is 1. The van der Waals surface area contributed by atoms with Crippen LogP contribution in [0.15, 0.2) is 22.7 Å². The Morgan fingerprint density at radius 1 is 1.44 bits per heavy atom. The molecule has 0 fully saturated rings. The van der Waals surface area contributed by atoms with Crippen LogP contribution >= 0.6 is 15.9 Å². The monoisotopic (exact) mass is 317 g/mol. The fourth-order valence-electron chi connectivity index (χ4n) is 1.80. The summed E-state index contributed by atoms with van der Waals surface area (Å²) in [5, 5.41) is 9.12. The Hall–Kier alpha value is -0.940. The summed E-state index contributed by atoms with van der Waals surface area (Å²) in [5.41, 5.74) is 5.81. The maximum atomic E-state index is 13.6. The SMILES string of the molecule is NCCCCC(Cc1ccc(Br)cc1F)C(=O)O. The zero-order valence-corrected chi connectivity index (χ0v) is 11.6. The molecular formula is C13H17BrFNO2. The second-order valence-corrected chi connectivity index (χ2v) is 5.18. The summed E-state index contributed by atoms with van der Waals surface area (Å²) in [4.78, 5) is 11.1. The summed E-state index contributed by atoms with van der Waals surface area (Å²) >= 11 is 3.17. The van der Waals surface area contributed by atoms with Crippen molar-refractivity contribution in [2.24, 2.45) is 11.7 Å². The maximum Gasteiger partial charge on any atom is 0.306 e. The Balaban J connectivity index is 2.67. The van der Waals surface area contributed by atoms with Gasteiger partial charge in [0.1, 0.15) is 5.82 Å². The lowest BCUT2D eigenvalue weighted by Crippen LogP contribution is -2.17. The molecule has 0 aromatic heterocycles. The molecule has 3 N–H and O–H groups in total. The van der Waals surface area contributed by atoms with Crippen LogP contribution in [0.2, 0.25) is 0 Å². The second-order valence-electron chi connectivity index (χ2n) is 4.26. The summed E-state index contributed by atoms with van der Waals surface area (Å²) < 4.78 is 14.3. The molecule has 0 saturated heterocycles. The van der Waals surface area contributed by atoms with E-state index >= 15 is 0 Å². The molecule has 0 saturated carbocycles. The highest BCUT2D eigenvalue weighted by Crippen LogP contribution is 2.21. The first kappa shape index (κ1) is 15.1. The Morgan fingerprint density at radius 3 is 2.72 bits per heavy atom. The predicted molar refractivity (Wildman–Crippen MR) is 71.8 cm³/mol. The zero-order chi connectivity index (χ0) is 13.5. The van der Waals surface area contributed by atoms with E-state index in [2.05, 4.69) is 15.9 Å². The van der Waals surface area contributed by atoms with Crippen molar-refractivity contribution < 1.29 is 14.3 Å². The first-order valence-electron chi connectivity index (χ1n) is 5.91. The van der Waals surface area contributed by atoms with Gasteiger partial charge < -0.3 is 10.8 Å². The molecule has 100 valence electrons. The molecule has 0 aliphatic carbocycles. The quantitative estimate of drug-likeness (QED) is 0.760. The van der Waals surface area contributed by atoms with E-state index in [-0.39, 0.29) is 12.2 Å². The summed E-state index contributed by atoms with van der Waals surface area (Å²) in [7, 11) is 0. The lowest BCUT2D eigenvalue weighted by molar-refractivity contribution is -0.142. The van der Waals surface area contributed by atoms with Crippen LogP contribution in [0.5, 0.6) is 0 Å². The van der Waals surface area contributed by atoms with Crippen LogP contribution in [0.1, 0.15) is 24.8 Å². The third-order valence-electron chi connectivity index (χ3n) is 2.84. The average molecular weight is 318 g/mol. The fourth-order valence-corrected chi connectivity index (χ4v) is 2.13. The standard InChI is InChI=1S/C13H17BrFNO2/c14-11-5-4-9(12(15)8-11)7-10(13(17)18)3-1-2-6-16/h4-5,8,10H,1-3,6-7,16H2,(H,17,18). The Morgan fingerprint density at radius 2 is 2.17 bits per heavy atom. The number of unbranched alkanes of at least 4 members (excludes halogenated alkanes) is 1. The van der Waals surface area contributed by atoms with Crippen LogP contribution < -0.4 is 5.73 Å².